The number of ether oxygens (including phenoxy) is 2. The van der Waals surface area contributed by atoms with Crippen LogP contribution in [-0.2, 0) is 11.2 Å². The normalized spacial score (nSPS) is 15.2. The summed E-state index contributed by atoms with van der Waals surface area (Å²) in [6.07, 6.45) is 0.769. The number of hydrogen-bond acceptors (Lipinski definition) is 5. The fraction of sp³-hybridized carbons (Fsp3) is 0.192. The van der Waals surface area contributed by atoms with Crippen molar-refractivity contribution in [3.8, 4) is 23.3 Å². The van der Waals surface area contributed by atoms with Gasteiger partial charge in [0.25, 0.3) is 5.91 Å². The van der Waals surface area contributed by atoms with Crippen LogP contribution in [0.2, 0.25) is 5.02 Å². The van der Waals surface area contributed by atoms with Gasteiger partial charge in [-0.15, -0.1) is 0 Å². The molecule has 9 heteroatoms. The molecule has 35 heavy (non-hydrogen) atoms. The molecule has 0 saturated heterocycles. The van der Waals surface area contributed by atoms with Crippen LogP contribution in [0.25, 0.3) is 0 Å². The van der Waals surface area contributed by atoms with Crippen LogP contribution in [-0.4, -0.2) is 29.1 Å². The number of nitrogens with one attached hydrogen (secondary N) is 1. The zero-order chi connectivity index (χ0) is 24.9. The Balaban J connectivity index is 1.43. The molecule has 1 aliphatic heterocycles. The number of halogens is 2. The van der Waals surface area contributed by atoms with E-state index in [0.717, 1.165) is 5.56 Å². The monoisotopic (exact) mass is 510 g/mol. The van der Waals surface area contributed by atoms with Crippen LogP contribution in [0.15, 0.2) is 60.7 Å². The second-order valence-electron chi connectivity index (χ2n) is 7.92. The van der Waals surface area contributed by atoms with E-state index in [2.05, 4.69) is 5.32 Å². The number of fused-ring (bicyclic) bond motifs is 1. The van der Waals surface area contributed by atoms with Gasteiger partial charge in [-0.2, -0.15) is 5.26 Å². The van der Waals surface area contributed by atoms with Crippen LogP contribution in [0.4, 0.5) is 0 Å². The summed E-state index contributed by atoms with van der Waals surface area (Å²) in [4.78, 5) is 24.1. The van der Waals surface area contributed by atoms with E-state index in [4.69, 9.17) is 32.7 Å². The Hall–Kier alpha value is -3.73. The maximum absolute atomic E-state index is 12.6. The standard InChI is InChI=1S/C26H20Cl2N2O5/c27-18-5-1-15(2-6-18)11-24(28)30-25(31)16-3-7-19(8-4-16)35-22-13-23-21(12-17(22)14-29)20(26(32)33)9-10-34-23/h1-8,12-13,20,24H,9-11H2,(H,30,31)(H,32,33). The van der Waals surface area contributed by atoms with Crippen LogP contribution in [0.3, 0.4) is 0 Å². The van der Waals surface area contributed by atoms with Crippen molar-refractivity contribution in [2.75, 3.05) is 6.61 Å². The molecule has 0 aromatic heterocycles. The van der Waals surface area contributed by atoms with Crippen LogP contribution >= 0.6 is 23.2 Å². The van der Waals surface area contributed by atoms with Crippen molar-refractivity contribution in [3.63, 3.8) is 0 Å². The Morgan fingerprint density at radius 3 is 2.54 bits per heavy atom. The maximum atomic E-state index is 12.6. The van der Waals surface area contributed by atoms with Gasteiger partial charge >= 0.3 is 5.97 Å². The van der Waals surface area contributed by atoms with E-state index < -0.39 is 17.4 Å². The second kappa shape index (κ2) is 10.7. The summed E-state index contributed by atoms with van der Waals surface area (Å²) in [7, 11) is 0. The highest BCUT2D eigenvalue weighted by molar-refractivity contribution is 6.30. The second-order valence-corrected chi connectivity index (χ2v) is 8.89. The number of carbonyl (C=O) groups excluding carboxylic acids is 1. The minimum atomic E-state index is -0.965. The molecule has 2 N–H and O–H groups in total. The first kappa shape index (κ1) is 24.4. The number of carbonyl (C=O) groups is 2. The lowest BCUT2D eigenvalue weighted by atomic mass is 9.91. The van der Waals surface area contributed by atoms with E-state index >= 15 is 0 Å². The van der Waals surface area contributed by atoms with Gasteiger partial charge in [0, 0.05) is 28.6 Å². The Labute approximate surface area is 211 Å². The van der Waals surface area contributed by atoms with Crippen molar-refractivity contribution >= 4 is 35.1 Å². The first-order valence-electron chi connectivity index (χ1n) is 10.7. The minimum Gasteiger partial charge on any atom is -0.493 e. The summed E-state index contributed by atoms with van der Waals surface area (Å²) in [6.45, 7) is 0.263. The Bertz CT molecular complexity index is 1290. The summed E-state index contributed by atoms with van der Waals surface area (Å²) in [5, 5.41) is 22.4. The molecule has 0 bridgehead atoms. The summed E-state index contributed by atoms with van der Waals surface area (Å²) >= 11 is 12.2. The molecular formula is C26H20Cl2N2O5. The van der Waals surface area contributed by atoms with Gasteiger partial charge in [0.15, 0.2) is 0 Å². The summed E-state index contributed by atoms with van der Waals surface area (Å²) in [6, 6.07) is 18.6. The fourth-order valence-electron chi connectivity index (χ4n) is 3.75. The molecule has 2 atom stereocenters. The lowest BCUT2D eigenvalue weighted by Crippen LogP contribution is -2.32. The summed E-state index contributed by atoms with van der Waals surface area (Å²) < 4.78 is 11.4. The smallest absolute Gasteiger partial charge is 0.311 e. The molecule has 3 aromatic carbocycles. The Kier molecular flexibility index (Phi) is 7.45. The van der Waals surface area contributed by atoms with Gasteiger partial charge in [-0.1, -0.05) is 35.3 Å². The predicted molar refractivity (Wildman–Crippen MR) is 130 cm³/mol. The fourth-order valence-corrected chi connectivity index (χ4v) is 4.15. The average Bonchev–Trinajstić information content (AvgIpc) is 2.84. The first-order valence-corrected chi connectivity index (χ1v) is 11.6. The van der Waals surface area contributed by atoms with Gasteiger partial charge in [0.05, 0.1) is 18.1 Å². The van der Waals surface area contributed by atoms with Crippen molar-refractivity contribution < 1.29 is 24.2 Å². The summed E-state index contributed by atoms with van der Waals surface area (Å²) in [5.74, 6) is -1.03. The van der Waals surface area contributed by atoms with Crippen molar-refractivity contribution in [2.45, 2.75) is 24.3 Å². The third-order valence-electron chi connectivity index (χ3n) is 5.53. The van der Waals surface area contributed by atoms with Crippen molar-refractivity contribution in [2.24, 2.45) is 0 Å². The highest BCUT2D eigenvalue weighted by atomic mass is 35.5. The minimum absolute atomic E-state index is 0.189. The van der Waals surface area contributed by atoms with Gasteiger partial charge in [-0.3, -0.25) is 9.59 Å². The van der Waals surface area contributed by atoms with E-state index in [1.807, 2.05) is 18.2 Å². The molecule has 0 spiro atoms. The van der Waals surface area contributed by atoms with E-state index in [1.165, 1.54) is 12.1 Å². The Morgan fingerprint density at radius 2 is 1.89 bits per heavy atom. The van der Waals surface area contributed by atoms with E-state index in [-0.39, 0.29) is 23.8 Å². The van der Waals surface area contributed by atoms with Crippen LogP contribution in [0, 0.1) is 11.3 Å². The number of amides is 1. The number of carboxylic acid groups (broad SMARTS) is 1. The molecule has 0 saturated carbocycles. The van der Waals surface area contributed by atoms with Gasteiger partial charge < -0.3 is 19.9 Å². The first-order chi connectivity index (χ1) is 16.8. The van der Waals surface area contributed by atoms with E-state index in [0.29, 0.717) is 40.5 Å². The molecule has 2 unspecified atom stereocenters. The van der Waals surface area contributed by atoms with Crippen molar-refractivity contribution in [3.05, 3.63) is 87.9 Å². The molecule has 0 radical (unpaired) electrons. The topological polar surface area (TPSA) is 109 Å². The van der Waals surface area contributed by atoms with Gasteiger partial charge in [0.2, 0.25) is 0 Å². The van der Waals surface area contributed by atoms with Gasteiger partial charge in [-0.05, 0) is 54.4 Å². The molecule has 0 fully saturated rings. The molecule has 7 nitrogen and oxygen atoms in total. The number of hydrogen-bond donors (Lipinski definition) is 2. The van der Waals surface area contributed by atoms with Gasteiger partial charge in [0.1, 0.15) is 28.8 Å². The van der Waals surface area contributed by atoms with Gasteiger partial charge in [-0.25, -0.2) is 0 Å². The predicted octanol–water partition coefficient (Wildman–Crippen LogP) is 5.49. The highest BCUT2D eigenvalue weighted by Crippen LogP contribution is 2.39. The number of aliphatic carboxylic acids is 1. The average molecular weight is 511 g/mol. The molecule has 3 aromatic rings. The number of alkyl halides is 1. The third kappa shape index (κ3) is 5.86. The Morgan fingerprint density at radius 1 is 1.17 bits per heavy atom. The number of nitriles is 1. The van der Waals surface area contributed by atoms with E-state index in [1.54, 1.807) is 36.4 Å². The van der Waals surface area contributed by atoms with Crippen molar-refractivity contribution in [1.82, 2.24) is 5.32 Å². The number of nitrogens with zero attached hydrogens (tertiary/aromatic N) is 1. The quantitative estimate of drug-likeness (QED) is 0.321. The lowest BCUT2D eigenvalue weighted by molar-refractivity contribution is -0.139. The van der Waals surface area contributed by atoms with Crippen molar-refractivity contribution in [1.29, 1.82) is 5.26 Å². The molecular weight excluding hydrogens is 491 g/mol. The van der Waals surface area contributed by atoms with Crippen LogP contribution in [0.5, 0.6) is 17.2 Å². The number of rotatable bonds is 7. The molecule has 0 aliphatic carbocycles. The molecule has 1 heterocycles. The third-order valence-corrected chi connectivity index (χ3v) is 6.05. The molecule has 178 valence electrons. The zero-order valence-corrected chi connectivity index (χ0v) is 19.8. The lowest BCUT2D eigenvalue weighted by Gasteiger charge is -2.24. The highest BCUT2D eigenvalue weighted by Gasteiger charge is 2.29. The largest absolute Gasteiger partial charge is 0.493 e. The molecule has 1 aliphatic rings. The number of carboxylic acids is 1. The SMILES string of the molecule is N#Cc1cc2c(cc1Oc1ccc(C(=O)NC(Cl)Cc3ccc(Cl)cc3)cc1)OCCC2C(=O)O. The van der Waals surface area contributed by atoms with E-state index in [9.17, 15) is 20.0 Å². The summed E-state index contributed by atoms with van der Waals surface area (Å²) in [5.41, 5.74) is 1.36. The zero-order valence-electron chi connectivity index (χ0n) is 18.3. The maximum Gasteiger partial charge on any atom is 0.311 e. The van der Waals surface area contributed by atoms with Crippen LogP contribution < -0.4 is 14.8 Å². The molecule has 1 amide bonds. The number of benzene rings is 3. The van der Waals surface area contributed by atoms with Crippen LogP contribution in [0.1, 0.15) is 39.4 Å². The molecule has 4 rings (SSSR count).